The van der Waals surface area contributed by atoms with Gasteiger partial charge in [0, 0.05) is 48.3 Å². The number of hydrogen-bond acceptors (Lipinski definition) is 9. The van der Waals surface area contributed by atoms with Crippen molar-refractivity contribution in [2.75, 3.05) is 39.7 Å². The number of nitrogens with zero attached hydrogens (tertiary/aromatic N) is 2. The lowest BCUT2D eigenvalue weighted by atomic mass is 10.1. The maximum atomic E-state index is 15.1. The third-order valence-electron chi connectivity index (χ3n) is 5.43. The van der Waals surface area contributed by atoms with Gasteiger partial charge in [-0.3, -0.25) is 9.97 Å². The third kappa shape index (κ3) is 5.93. The Labute approximate surface area is 218 Å². The fourth-order valence-corrected chi connectivity index (χ4v) is 3.87. The quantitative estimate of drug-likeness (QED) is 0.184. The predicted molar refractivity (Wildman–Crippen MR) is 139 cm³/mol. The number of pyridine rings is 2. The largest absolute Gasteiger partial charge is 0.496 e. The van der Waals surface area contributed by atoms with E-state index < -0.39 is 12.0 Å². The number of ether oxygens (including phenoxy) is 4. The van der Waals surface area contributed by atoms with E-state index in [1.807, 2.05) is 7.05 Å². The minimum atomic E-state index is -1.22. The molecule has 1 unspecified atom stereocenters. The van der Waals surface area contributed by atoms with Gasteiger partial charge in [0.2, 0.25) is 0 Å². The zero-order valence-corrected chi connectivity index (χ0v) is 21.2. The number of methoxy groups -OCH3 is 2. The predicted octanol–water partition coefficient (Wildman–Crippen LogP) is 4.93. The van der Waals surface area contributed by atoms with Crippen molar-refractivity contribution >= 4 is 28.2 Å². The molecule has 2 aromatic heterocycles. The maximum Gasteiger partial charge on any atom is 0.181 e. The molecule has 0 aliphatic carbocycles. The van der Waals surface area contributed by atoms with Crippen LogP contribution in [-0.4, -0.2) is 49.5 Å². The van der Waals surface area contributed by atoms with Gasteiger partial charge in [-0.05, 0) is 31.3 Å². The summed E-state index contributed by atoms with van der Waals surface area (Å²) in [5.74, 6) is 0.848. The van der Waals surface area contributed by atoms with Gasteiger partial charge in [-0.1, -0.05) is 11.6 Å². The average molecular weight is 529 g/mol. The van der Waals surface area contributed by atoms with Crippen LogP contribution in [0.15, 0.2) is 55.0 Å². The molecule has 4 rings (SSSR count). The molecule has 0 saturated heterocycles. The fraction of sp³-hybridized carbons (Fsp3) is 0.231. The molecule has 0 aliphatic rings. The van der Waals surface area contributed by atoms with Gasteiger partial charge in [-0.2, -0.15) is 0 Å². The number of anilines is 1. The smallest absolute Gasteiger partial charge is 0.181 e. The Hall–Kier alpha value is -3.86. The molecule has 37 heavy (non-hydrogen) atoms. The van der Waals surface area contributed by atoms with E-state index in [9.17, 15) is 5.11 Å². The number of hydrogen-bond donors (Lipinski definition) is 3. The number of halogens is 2. The Kier molecular flexibility index (Phi) is 8.44. The van der Waals surface area contributed by atoms with Crippen LogP contribution in [0.3, 0.4) is 0 Å². The van der Waals surface area contributed by atoms with E-state index >= 15 is 4.39 Å². The molecule has 194 valence electrons. The van der Waals surface area contributed by atoms with Crippen LogP contribution < -0.4 is 29.6 Å². The summed E-state index contributed by atoms with van der Waals surface area (Å²) in [6, 6.07) is 9.27. The van der Waals surface area contributed by atoms with Crippen molar-refractivity contribution < 1.29 is 28.4 Å². The van der Waals surface area contributed by atoms with Crippen LogP contribution in [0.25, 0.3) is 10.9 Å². The molecule has 0 radical (unpaired) electrons. The van der Waals surface area contributed by atoms with E-state index in [1.54, 1.807) is 30.5 Å². The molecule has 0 amide bonds. The van der Waals surface area contributed by atoms with Gasteiger partial charge in [-0.25, -0.2) is 4.39 Å². The highest BCUT2D eigenvalue weighted by molar-refractivity contribution is 6.32. The topological polar surface area (TPSA) is 107 Å². The molecule has 0 saturated carbocycles. The van der Waals surface area contributed by atoms with Crippen LogP contribution in [0.2, 0.25) is 5.02 Å². The van der Waals surface area contributed by atoms with Gasteiger partial charge in [-0.15, -0.1) is 0 Å². The molecule has 0 aliphatic heterocycles. The molecule has 3 N–H and O–H groups in total. The van der Waals surface area contributed by atoms with E-state index in [0.29, 0.717) is 52.6 Å². The van der Waals surface area contributed by atoms with Crippen molar-refractivity contribution in [2.24, 2.45) is 0 Å². The Bertz CT molecular complexity index is 1370. The van der Waals surface area contributed by atoms with Crippen molar-refractivity contribution in [3.63, 3.8) is 0 Å². The lowest BCUT2D eigenvalue weighted by Gasteiger charge is -2.18. The molecule has 0 fully saturated rings. The molecule has 11 heteroatoms. The van der Waals surface area contributed by atoms with Crippen molar-refractivity contribution in [3.8, 4) is 28.7 Å². The highest BCUT2D eigenvalue weighted by Crippen LogP contribution is 2.40. The molecule has 0 bridgehead atoms. The number of aromatic nitrogens is 2. The minimum absolute atomic E-state index is 0.00296. The molecular formula is C26H26ClFN4O5. The zero-order valence-electron chi connectivity index (χ0n) is 20.4. The number of aliphatic hydroxyl groups is 1. The van der Waals surface area contributed by atoms with Crippen molar-refractivity contribution in [1.82, 2.24) is 15.3 Å². The first-order valence-electron chi connectivity index (χ1n) is 11.3. The zero-order chi connectivity index (χ0) is 26.4. The minimum Gasteiger partial charge on any atom is -0.496 e. The number of rotatable bonds is 11. The summed E-state index contributed by atoms with van der Waals surface area (Å²) in [4.78, 5) is 8.36. The molecule has 4 aromatic rings. The summed E-state index contributed by atoms with van der Waals surface area (Å²) in [6.07, 6.45) is 3.31. The monoisotopic (exact) mass is 528 g/mol. The average Bonchev–Trinajstić information content (AvgIpc) is 2.90. The van der Waals surface area contributed by atoms with Crippen molar-refractivity contribution in [2.45, 2.75) is 6.23 Å². The molecular weight excluding hydrogens is 503 g/mol. The maximum absolute atomic E-state index is 15.1. The van der Waals surface area contributed by atoms with Crippen LogP contribution in [0.4, 0.5) is 10.1 Å². The number of benzene rings is 2. The van der Waals surface area contributed by atoms with E-state index in [0.717, 1.165) is 0 Å². The Balaban J connectivity index is 1.60. The summed E-state index contributed by atoms with van der Waals surface area (Å²) >= 11 is 6.39. The van der Waals surface area contributed by atoms with Crippen LogP contribution in [0.1, 0.15) is 11.8 Å². The van der Waals surface area contributed by atoms with Crippen LogP contribution >= 0.6 is 11.6 Å². The first kappa shape index (κ1) is 26.2. The van der Waals surface area contributed by atoms with Gasteiger partial charge in [0.05, 0.1) is 30.3 Å². The summed E-state index contributed by atoms with van der Waals surface area (Å²) in [6.45, 7) is 1.10. The van der Waals surface area contributed by atoms with Crippen molar-refractivity contribution in [3.05, 3.63) is 71.4 Å². The number of nitrogens with one attached hydrogen (secondary N) is 2. The Morgan fingerprint density at radius 3 is 2.54 bits per heavy atom. The molecule has 2 aromatic carbocycles. The Morgan fingerprint density at radius 1 is 1.03 bits per heavy atom. The van der Waals surface area contributed by atoms with E-state index in [2.05, 4.69) is 20.6 Å². The number of aliphatic hydroxyl groups excluding tert-OH is 1. The molecule has 1 atom stereocenters. The molecule has 9 nitrogen and oxygen atoms in total. The van der Waals surface area contributed by atoms with Crippen LogP contribution in [0, 0.1) is 5.82 Å². The number of likely N-dealkylation sites (N-methyl/N-ethyl adjacent to an activating group) is 1. The molecule has 0 spiro atoms. The summed E-state index contributed by atoms with van der Waals surface area (Å²) in [7, 11) is 4.84. The second-order valence-electron chi connectivity index (χ2n) is 7.82. The summed E-state index contributed by atoms with van der Waals surface area (Å²) < 4.78 is 37.5. The summed E-state index contributed by atoms with van der Waals surface area (Å²) in [5, 5.41) is 16.9. The second-order valence-corrected chi connectivity index (χ2v) is 8.22. The van der Waals surface area contributed by atoms with Crippen molar-refractivity contribution in [1.29, 1.82) is 0 Å². The van der Waals surface area contributed by atoms with E-state index in [1.165, 1.54) is 38.7 Å². The highest BCUT2D eigenvalue weighted by Gasteiger charge is 2.19. The van der Waals surface area contributed by atoms with Gasteiger partial charge < -0.3 is 34.7 Å². The van der Waals surface area contributed by atoms with Gasteiger partial charge in [0.1, 0.15) is 18.1 Å². The summed E-state index contributed by atoms with van der Waals surface area (Å²) in [5.41, 5.74) is 1.19. The standard InChI is InChI=1S/C26H26ClFN4O5/c1-29-8-9-36-24-13-20-16(12-23(24)35-3)22(5-7-31-20)37-25-18(27)10-15(11-19(25)28)32-26(33)17-14-30-6-4-21(17)34-2/h4-7,10-14,26,29,32-33H,8-9H2,1-3H3. The van der Waals surface area contributed by atoms with Gasteiger partial charge in [0.25, 0.3) is 0 Å². The second kappa shape index (κ2) is 11.9. The highest BCUT2D eigenvalue weighted by atomic mass is 35.5. The lowest BCUT2D eigenvalue weighted by molar-refractivity contribution is 0.202. The van der Waals surface area contributed by atoms with Crippen LogP contribution in [0.5, 0.6) is 28.7 Å². The first-order valence-corrected chi connectivity index (χ1v) is 11.7. The SMILES string of the molecule is CNCCOc1cc2nccc(Oc3c(F)cc(NC(O)c4cnccc4OC)cc3Cl)c2cc1OC. The third-order valence-corrected chi connectivity index (χ3v) is 5.72. The fourth-order valence-electron chi connectivity index (χ4n) is 3.62. The Morgan fingerprint density at radius 2 is 1.81 bits per heavy atom. The number of fused-ring (bicyclic) bond motifs is 1. The first-order chi connectivity index (χ1) is 17.9. The normalized spacial score (nSPS) is 11.7. The van der Waals surface area contributed by atoms with Crippen LogP contribution in [-0.2, 0) is 0 Å². The molecule has 2 heterocycles. The van der Waals surface area contributed by atoms with E-state index in [-0.39, 0.29) is 16.5 Å². The lowest BCUT2D eigenvalue weighted by Crippen LogP contribution is -2.16. The van der Waals surface area contributed by atoms with Gasteiger partial charge in [0.15, 0.2) is 29.3 Å². The van der Waals surface area contributed by atoms with E-state index in [4.69, 9.17) is 30.5 Å². The van der Waals surface area contributed by atoms with Gasteiger partial charge >= 0.3 is 0 Å².